The van der Waals surface area contributed by atoms with Gasteiger partial charge in [-0.15, -0.1) is 23.5 Å². The summed E-state index contributed by atoms with van der Waals surface area (Å²) in [7, 11) is 8.34. The van der Waals surface area contributed by atoms with Crippen molar-refractivity contribution in [3.8, 4) is 0 Å². The number of halogens is 2. The van der Waals surface area contributed by atoms with Crippen molar-refractivity contribution in [2.45, 2.75) is 87.0 Å². The molecule has 41 heavy (non-hydrogen) atoms. The molecule has 0 radical (unpaired) electrons. The predicted octanol–water partition coefficient (Wildman–Crippen LogP) is 12.4. The molecule has 6 heteroatoms. The molecular formula is C35H48Cl2S2SiZr. The van der Waals surface area contributed by atoms with Crippen molar-refractivity contribution in [1.29, 1.82) is 0 Å². The Bertz CT molecular complexity index is 1240. The van der Waals surface area contributed by atoms with Gasteiger partial charge in [0.1, 0.15) is 0 Å². The quantitative estimate of drug-likeness (QED) is 0.229. The molecule has 2 aromatic carbocycles. The second kappa shape index (κ2) is 13.9. The van der Waals surface area contributed by atoms with Gasteiger partial charge in [0.2, 0.25) is 0 Å². The second-order valence-electron chi connectivity index (χ2n) is 13.5. The van der Waals surface area contributed by atoms with Crippen LogP contribution in [-0.4, -0.2) is 18.6 Å². The standard InChI is InChI=1S/C33H42S2Si.2CH3.2ClH.Zr/c1-19-16-27-25(24-13-8-11-22-10-6-7-12-23(22)24)14-9-15-26(27)32(19)36(4,5)33-30-28(17-20(2)34-30)29-18-21(3)35-31(29)33;;;;;/h6-8,10-13,17-19,25-33H,9,14-16H2,1-5H3;2*1H3;2*1H;/q;2*-1;;;+4/p-2. The van der Waals surface area contributed by atoms with Gasteiger partial charge in [-0.05, 0) is 99.4 Å². The van der Waals surface area contributed by atoms with Gasteiger partial charge in [0.15, 0.2) is 0 Å². The first-order chi connectivity index (χ1) is 18.8. The molecule has 0 spiro atoms. The maximum absolute atomic E-state index is 4.93. The minimum atomic E-state index is -1.53. The summed E-state index contributed by atoms with van der Waals surface area (Å²) < 4.78 is 0. The van der Waals surface area contributed by atoms with Crippen LogP contribution in [0.25, 0.3) is 10.8 Å². The molecule has 3 saturated carbocycles. The van der Waals surface area contributed by atoms with E-state index in [1.54, 1.807) is 15.4 Å². The fourth-order valence-electron chi connectivity index (χ4n) is 10.3. The Morgan fingerprint density at radius 3 is 2.02 bits per heavy atom. The third-order valence-corrected chi connectivity index (χ3v) is 19.6. The predicted molar refractivity (Wildman–Crippen MR) is 188 cm³/mol. The molecule has 3 fully saturated rings. The van der Waals surface area contributed by atoms with Gasteiger partial charge in [-0.2, -0.15) is 0 Å². The molecule has 5 aliphatic rings. The number of allylic oxidation sites excluding steroid dienone is 4. The normalized spacial score (nSPS) is 36.9. The van der Waals surface area contributed by atoms with Crippen LogP contribution in [0.2, 0.25) is 24.2 Å². The number of benzene rings is 2. The van der Waals surface area contributed by atoms with E-state index < -0.39 is 28.9 Å². The van der Waals surface area contributed by atoms with E-state index in [0.717, 1.165) is 57.1 Å². The van der Waals surface area contributed by atoms with E-state index in [-0.39, 0.29) is 14.9 Å². The van der Waals surface area contributed by atoms with E-state index in [0.29, 0.717) is 0 Å². The Hall–Kier alpha value is 0.560. The molecule has 9 unspecified atom stereocenters. The third-order valence-electron chi connectivity index (χ3n) is 11.2. The molecule has 7 rings (SSSR count). The Labute approximate surface area is 279 Å². The summed E-state index contributed by atoms with van der Waals surface area (Å²) in [5.74, 6) is 5.06. The number of fused-ring (bicyclic) bond motifs is 5. The molecule has 3 aliphatic carbocycles. The van der Waals surface area contributed by atoms with Crippen LogP contribution in [0.5, 0.6) is 0 Å². The summed E-state index contributed by atoms with van der Waals surface area (Å²) in [4.78, 5) is 3.21. The Balaban J connectivity index is 0.000000744. The first-order valence-corrected chi connectivity index (χ1v) is 26.1. The Kier molecular flexibility index (Phi) is 11.7. The van der Waals surface area contributed by atoms with E-state index >= 15 is 0 Å². The second-order valence-corrected chi connectivity index (χ2v) is 25.0. The van der Waals surface area contributed by atoms with Gasteiger partial charge in [-0.1, -0.05) is 87.5 Å². The van der Waals surface area contributed by atoms with E-state index in [2.05, 4.69) is 112 Å². The zero-order valence-corrected chi connectivity index (χ0v) is 32.5. The number of hydrogen-bond acceptors (Lipinski definition) is 2. The summed E-state index contributed by atoms with van der Waals surface area (Å²) in [5, 5.41) is 4.65. The van der Waals surface area contributed by atoms with Crippen LogP contribution < -0.4 is 0 Å². The van der Waals surface area contributed by atoms with Gasteiger partial charge in [-0.25, -0.2) is 0 Å². The fourth-order valence-corrected chi connectivity index (χ4v) is 21.4. The van der Waals surface area contributed by atoms with Gasteiger partial charge in [-0.3, -0.25) is 0 Å². The third kappa shape index (κ3) is 6.08. The van der Waals surface area contributed by atoms with Crippen molar-refractivity contribution in [2.24, 2.45) is 29.6 Å². The van der Waals surface area contributed by atoms with Crippen molar-refractivity contribution in [3.63, 3.8) is 0 Å². The van der Waals surface area contributed by atoms with Gasteiger partial charge in [0, 0.05) is 10.5 Å². The number of thioether (sulfide) groups is 2. The van der Waals surface area contributed by atoms with E-state index in [1.165, 1.54) is 36.5 Å². The molecule has 0 bridgehead atoms. The van der Waals surface area contributed by atoms with Crippen LogP contribution in [0.1, 0.15) is 57.9 Å². The van der Waals surface area contributed by atoms with Crippen molar-refractivity contribution in [2.75, 3.05) is 0 Å². The fraction of sp³-hybridized carbons (Fsp3) is 0.543. The molecule has 2 heterocycles. The topological polar surface area (TPSA) is 0 Å². The summed E-state index contributed by atoms with van der Waals surface area (Å²) in [6, 6.07) is 16.3. The van der Waals surface area contributed by atoms with E-state index in [9.17, 15) is 0 Å². The van der Waals surface area contributed by atoms with E-state index in [4.69, 9.17) is 17.0 Å². The summed E-state index contributed by atoms with van der Waals surface area (Å²) in [6.45, 7) is 13.1. The van der Waals surface area contributed by atoms with Gasteiger partial charge >= 0.3 is 37.9 Å². The van der Waals surface area contributed by atoms with Gasteiger partial charge in [0.05, 0.1) is 8.07 Å². The number of hydrogen-bond donors (Lipinski definition) is 0. The molecule has 0 N–H and O–H groups in total. The van der Waals surface area contributed by atoms with Gasteiger partial charge < -0.3 is 14.9 Å². The van der Waals surface area contributed by atoms with Crippen LogP contribution in [-0.2, 0) is 20.8 Å². The van der Waals surface area contributed by atoms with Crippen LogP contribution in [0.3, 0.4) is 0 Å². The van der Waals surface area contributed by atoms with E-state index in [1.807, 2.05) is 0 Å². The van der Waals surface area contributed by atoms with Crippen molar-refractivity contribution >= 4 is 59.4 Å². The first-order valence-electron chi connectivity index (χ1n) is 14.9. The average Bonchev–Trinajstić information content (AvgIpc) is 3.62. The molecule has 2 aromatic rings. The summed E-state index contributed by atoms with van der Waals surface area (Å²) >= 11 is 3.72. The summed E-state index contributed by atoms with van der Waals surface area (Å²) in [6.07, 6.45) is 11.1. The molecule has 0 amide bonds. The first kappa shape index (κ1) is 34.4. The minimum absolute atomic E-state index is 0. The average molecular weight is 723 g/mol. The van der Waals surface area contributed by atoms with Gasteiger partial charge in [0.25, 0.3) is 0 Å². The molecule has 0 aromatic heterocycles. The zero-order valence-electron chi connectivity index (χ0n) is 25.9. The Morgan fingerprint density at radius 1 is 0.805 bits per heavy atom. The molecule has 2 aliphatic heterocycles. The number of rotatable bonds is 3. The van der Waals surface area contributed by atoms with Crippen LogP contribution in [0.4, 0.5) is 0 Å². The van der Waals surface area contributed by atoms with Crippen molar-refractivity contribution < 1.29 is 20.8 Å². The molecular weight excluding hydrogens is 675 g/mol. The molecule has 9 atom stereocenters. The molecule has 0 nitrogen and oxygen atoms in total. The van der Waals surface area contributed by atoms with Crippen LogP contribution in [0, 0.1) is 44.4 Å². The zero-order chi connectivity index (χ0) is 27.5. The summed E-state index contributed by atoms with van der Waals surface area (Å²) in [5.41, 5.74) is 3.58. The van der Waals surface area contributed by atoms with Crippen molar-refractivity contribution in [3.05, 3.63) is 84.8 Å². The van der Waals surface area contributed by atoms with Crippen LogP contribution in [0.15, 0.2) is 64.4 Å². The molecule has 222 valence electrons. The Morgan fingerprint density at radius 2 is 1.39 bits per heavy atom. The SMILES string of the molecule is CC1=CC2C3C=C(C)SC3C([Si](C)(C)C3C(C)CC4C(c5cccc6ccccc56)CCCC43)C2S1.[CH3-].[CH3-].[Cl][Zr+2][Cl]. The molecule has 0 saturated heterocycles. The van der Waals surface area contributed by atoms with Crippen molar-refractivity contribution in [1.82, 2.24) is 0 Å². The van der Waals surface area contributed by atoms with Crippen LogP contribution >= 0.6 is 40.5 Å². The monoisotopic (exact) mass is 720 g/mol. The maximum atomic E-state index is 4.93.